The van der Waals surface area contributed by atoms with Gasteiger partial charge in [0.1, 0.15) is 12.2 Å². The van der Waals surface area contributed by atoms with Crippen molar-refractivity contribution in [1.29, 1.82) is 0 Å². The quantitative estimate of drug-likeness (QED) is 0.748. The van der Waals surface area contributed by atoms with Crippen molar-refractivity contribution in [2.24, 2.45) is 5.92 Å². The van der Waals surface area contributed by atoms with E-state index >= 15 is 0 Å². The van der Waals surface area contributed by atoms with Crippen molar-refractivity contribution in [3.8, 4) is 5.69 Å². The highest BCUT2D eigenvalue weighted by atomic mass is 16.2. The summed E-state index contributed by atoms with van der Waals surface area (Å²) in [6.45, 7) is 3.55. The highest BCUT2D eigenvalue weighted by molar-refractivity contribution is 5.89. The molecule has 2 aromatic carbocycles. The summed E-state index contributed by atoms with van der Waals surface area (Å²) in [5, 5.41) is 11.5. The molecule has 3 aromatic rings. The van der Waals surface area contributed by atoms with Crippen LogP contribution in [0.2, 0.25) is 0 Å². The lowest BCUT2D eigenvalue weighted by Crippen LogP contribution is -2.43. The number of para-hydroxylation sites is 1. The molecule has 6 nitrogen and oxygen atoms in total. The Morgan fingerprint density at radius 2 is 2.04 bits per heavy atom. The van der Waals surface area contributed by atoms with Gasteiger partial charge in [0.15, 0.2) is 0 Å². The highest BCUT2D eigenvalue weighted by Crippen LogP contribution is 2.22. The predicted molar refractivity (Wildman–Crippen MR) is 110 cm³/mol. The number of anilines is 1. The first-order chi connectivity index (χ1) is 13.7. The average Bonchev–Trinajstić information content (AvgIpc) is 3.17. The summed E-state index contributed by atoms with van der Waals surface area (Å²) < 4.78 is 2.03. The summed E-state index contributed by atoms with van der Waals surface area (Å²) in [5.41, 5.74) is 3.04. The van der Waals surface area contributed by atoms with Crippen molar-refractivity contribution < 1.29 is 4.79 Å². The lowest BCUT2D eigenvalue weighted by atomic mass is 9.94. The maximum atomic E-state index is 12.7. The molecule has 144 valence electrons. The Hall–Kier alpha value is -3.15. The molecule has 4 rings (SSSR count). The number of rotatable bonds is 4. The van der Waals surface area contributed by atoms with Crippen molar-refractivity contribution in [2.75, 3.05) is 18.4 Å². The third-order valence-electron chi connectivity index (χ3n) is 5.20. The normalized spacial score (nSPS) is 16.8. The molecule has 28 heavy (non-hydrogen) atoms. The zero-order chi connectivity index (χ0) is 19.3. The van der Waals surface area contributed by atoms with E-state index in [2.05, 4.69) is 27.6 Å². The van der Waals surface area contributed by atoms with Gasteiger partial charge in [-0.2, -0.15) is 0 Å². The molecule has 6 heteroatoms. The van der Waals surface area contributed by atoms with Crippen LogP contribution in [0, 0.1) is 12.8 Å². The van der Waals surface area contributed by atoms with Crippen LogP contribution in [0.5, 0.6) is 0 Å². The molecule has 0 saturated carbocycles. The Balaban J connectivity index is 1.41. The number of benzene rings is 2. The van der Waals surface area contributed by atoms with Gasteiger partial charge in [-0.3, -0.25) is 4.57 Å². The number of hydrogen-bond donors (Lipinski definition) is 1. The molecular formula is C22H25N5O. The van der Waals surface area contributed by atoms with Gasteiger partial charge in [-0.1, -0.05) is 30.3 Å². The topological polar surface area (TPSA) is 63.1 Å². The van der Waals surface area contributed by atoms with Crippen LogP contribution in [0.1, 0.15) is 24.2 Å². The summed E-state index contributed by atoms with van der Waals surface area (Å²) >= 11 is 0. The second-order valence-corrected chi connectivity index (χ2v) is 7.41. The summed E-state index contributed by atoms with van der Waals surface area (Å²) in [5.74, 6) is 1.32. The third kappa shape index (κ3) is 4.22. The Labute approximate surface area is 165 Å². The van der Waals surface area contributed by atoms with Crippen LogP contribution in [0.15, 0.2) is 60.9 Å². The molecule has 1 aliphatic rings. The number of nitrogens with zero attached hydrogens (tertiary/aromatic N) is 4. The minimum Gasteiger partial charge on any atom is -0.324 e. The van der Waals surface area contributed by atoms with Crippen LogP contribution in [0.25, 0.3) is 5.69 Å². The molecule has 0 aliphatic carbocycles. The van der Waals surface area contributed by atoms with Crippen LogP contribution < -0.4 is 5.32 Å². The summed E-state index contributed by atoms with van der Waals surface area (Å²) in [4.78, 5) is 14.6. The summed E-state index contributed by atoms with van der Waals surface area (Å²) in [6.07, 6.45) is 4.67. The molecule has 1 aromatic heterocycles. The predicted octanol–water partition coefficient (Wildman–Crippen LogP) is 4.06. The van der Waals surface area contributed by atoms with Gasteiger partial charge in [0, 0.05) is 30.9 Å². The van der Waals surface area contributed by atoms with E-state index in [1.165, 1.54) is 0 Å². The third-order valence-corrected chi connectivity index (χ3v) is 5.20. The monoisotopic (exact) mass is 375 g/mol. The van der Waals surface area contributed by atoms with Gasteiger partial charge in [-0.15, -0.1) is 10.2 Å². The number of carbonyl (C=O) groups excluding carboxylic acids is 1. The molecule has 1 saturated heterocycles. The fraction of sp³-hybridized carbons (Fsp3) is 0.318. The zero-order valence-corrected chi connectivity index (χ0v) is 16.1. The van der Waals surface area contributed by atoms with Gasteiger partial charge >= 0.3 is 6.03 Å². The van der Waals surface area contributed by atoms with Gasteiger partial charge in [-0.25, -0.2) is 4.79 Å². The molecule has 1 fully saturated rings. The Kier molecular flexibility index (Phi) is 5.37. The Morgan fingerprint density at radius 1 is 1.18 bits per heavy atom. The number of piperidine rings is 1. The van der Waals surface area contributed by atoms with Crippen LogP contribution in [0.4, 0.5) is 10.5 Å². The van der Waals surface area contributed by atoms with Crippen LogP contribution in [-0.4, -0.2) is 38.8 Å². The van der Waals surface area contributed by atoms with Crippen LogP contribution in [0.3, 0.4) is 0 Å². The number of aryl methyl sites for hydroxylation is 1. The minimum atomic E-state index is -0.0279. The maximum Gasteiger partial charge on any atom is 0.321 e. The molecular weight excluding hydrogens is 350 g/mol. The molecule has 1 unspecified atom stereocenters. The number of aromatic nitrogens is 3. The first-order valence-corrected chi connectivity index (χ1v) is 9.76. The van der Waals surface area contributed by atoms with E-state index < -0.39 is 0 Å². The molecule has 0 bridgehead atoms. The number of likely N-dealkylation sites (tertiary alicyclic amines) is 1. The Bertz CT molecular complexity index is 937. The van der Waals surface area contributed by atoms with E-state index in [1.807, 2.05) is 58.9 Å². The van der Waals surface area contributed by atoms with Crippen LogP contribution in [-0.2, 0) is 6.42 Å². The lowest BCUT2D eigenvalue weighted by Gasteiger charge is -2.32. The van der Waals surface area contributed by atoms with Crippen molar-refractivity contribution in [2.45, 2.75) is 26.2 Å². The van der Waals surface area contributed by atoms with Crippen molar-refractivity contribution in [3.05, 3.63) is 72.3 Å². The fourth-order valence-corrected chi connectivity index (χ4v) is 3.80. The number of hydrogen-bond acceptors (Lipinski definition) is 3. The second kappa shape index (κ2) is 8.25. The van der Waals surface area contributed by atoms with Crippen LogP contribution >= 0.6 is 0 Å². The number of urea groups is 1. The van der Waals surface area contributed by atoms with Gasteiger partial charge in [0.05, 0.1) is 0 Å². The van der Waals surface area contributed by atoms with E-state index in [9.17, 15) is 4.79 Å². The first kappa shape index (κ1) is 18.2. The number of carbonyl (C=O) groups is 1. The van der Waals surface area contributed by atoms with E-state index in [4.69, 9.17) is 0 Å². The highest BCUT2D eigenvalue weighted by Gasteiger charge is 2.25. The van der Waals surface area contributed by atoms with E-state index in [0.29, 0.717) is 5.92 Å². The summed E-state index contributed by atoms with van der Waals surface area (Å²) in [7, 11) is 0. The van der Waals surface area contributed by atoms with E-state index in [1.54, 1.807) is 6.33 Å². The van der Waals surface area contributed by atoms with Crippen molar-refractivity contribution in [3.63, 3.8) is 0 Å². The molecule has 1 atom stereocenters. The second-order valence-electron chi connectivity index (χ2n) is 7.41. The van der Waals surface area contributed by atoms with Crippen molar-refractivity contribution >= 4 is 11.7 Å². The number of amides is 2. The average molecular weight is 375 g/mol. The molecule has 2 amide bonds. The van der Waals surface area contributed by atoms with Gasteiger partial charge in [0.25, 0.3) is 0 Å². The molecule has 1 N–H and O–H groups in total. The minimum absolute atomic E-state index is 0.0279. The van der Waals surface area contributed by atoms with Gasteiger partial charge in [-0.05, 0) is 55.5 Å². The van der Waals surface area contributed by atoms with E-state index in [-0.39, 0.29) is 6.03 Å². The SMILES string of the molecule is Cc1cccc(NC(=O)N2CCCC(Cc3nncn3-c3ccccc3)C2)c1. The smallest absolute Gasteiger partial charge is 0.321 e. The Morgan fingerprint density at radius 3 is 2.86 bits per heavy atom. The summed E-state index contributed by atoms with van der Waals surface area (Å²) in [6, 6.07) is 18.0. The number of nitrogens with one attached hydrogen (secondary N) is 1. The van der Waals surface area contributed by atoms with E-state index in [0.717, 1.165) is 55.1 Å². The standard InChI is InChI=1S/C22H25N5O/c1-17-7-5-9-19(13-17)24-22(28)26-12-6-8-18(15-26)14-21-25-23-16-27(21)20-10-3-2-4-11-20/h2-5,7,9-11,13,16,18H,6,8,12,14-15H2,1H3,(H,24,28). The van der Waals surface area contributed by atoms with Crippen molar-refractivity contribution in [1.82, 2.24) is 19.7 Å². The first-order valence-electron chi connectivity index (χ1n) is 9.76. The maximum absolute atomic E-state index is 12.7. The lowest BCUT2D eigenvalue weighted by molar-refractivity contribution is 0.176. The largest absolute Gasteiger partial charge is 0.324 e. The molecule has 0 spiro atoms. The molecule has 0 radical (unpaired) electrons. The zero-order valence-electron chi connectivity index (χ0n) is 16.1. The molecule has 2 heterocycles. The fourth-order valence-electron chi connectivity index (χ4n) is 3.80. The van der Waals surface area contributed by atoms with Gasteiger partial charge < -0.3 is 10.2 Å². The molecule has 1 aliphatic heterocycles. The van der Waals surface area contributed by atoms with Gasteiger partial charge in [0.2, 0.25) is 0 Å².